The summed E-state index contributed by atoms with van der Waals surface area (Å²) in [5.41, 5.74) is -0.132. The zero-order chi connectivity index (χ0) is 20.0. The van der Waals surface area contributed by atoms with Crippen molar-refractivity contribution in [2.75, 3.05) is 4.72 Å². The van der Waals surface area contributed by atoms with E-state index in [9.17, 15) is 17.2 Å². The first kappa shape index (κ1) is 19.8. The molecule has 0 unspecified atom stereocenters. The van der Waals surface area contributed by atoms with Crippen LogP contribution in [-0.4, -0.2) is 26.7 Å². The van der Waals surface area contributed by atoms with E-state index in [2.05, 4.69) is 4.72 Å². The van der Waals surface area contributed by atoms with Gasteiger partial charge in [0.25, 0.3) is 10.0 Å². The van der Waals surface area contributed by atoms with Gasteiger partial charge in [-0.05, 0) is 57.4 Å². The topological polar surface area (TPSA) is 64.6 Å². The van der Waals surface area contributed by atoms with Gasteiger partial charge in [-0.15, -0.1) is 0 Å². The number of rotatable bonds is 4. The molecule has 27 heavy (non-hydrogen) atoms. The quantitative estimate of drug-likeness (QED) is 0.809. The SMILES string of the molecule is CC1(C)OB(c2ccc(NS(=O)(=O)c3c(F)cccc3F)cc2)OC1(C)C. The summed E-state index contributed by atoms with van der Waals surface area (Å²) in [6.45, 7) is 7.72. The maximum atomic E-state index is 13.8. The van der Waals surface area contributed by atoms with Gasteiger partial charge in [-0.2, -0.15) is 0 Å². The smallest absolute Gasteiger partial charge is 0.399 e. The van der Waals surface area contributed by atoms with Gasteiger partial charge in [-0.1, -0.05) is 18.2 Å². The monoisotopic (exact) mass is 395 g/mol. The maximum absolute atomic E-state index is 13.8. The van der Waals surface area contributed by atoms with Gasteiger partial charge < -0.3 is 9.31 Å². The Bertz CT molecular complexity index is 926. The minimum absolute atomic E-state index is 0.165. The molecule has 1 aliphatic heterocycles. The van der Waals surface area contributed by atoms with E-state index in [0.29, 0.717) is 5.46 Å². The van der Waals surface area contributed by atoms with Crippen molar-refractivity contribution in [2.45, 2.75) is 43.8 Å². The minimum Gasteiger partial charge on any atom is -0.399 e. The summed E-state index contributed by atoms with van der Waals surface area (Å²) in [4.78, 5) is -1.01. The van der Waals surface area contributed by atoms with Crippen LogP contribution in [-0.2, 0) is 19.3 Å². The first-order valence-electron chi connectivity index (χ1n) is 8.35. The van der Waals surface area contributed by atoms with Crippen LogP contribution in [0.1, 0.15) is 27.7 Å². The molecule has 1 fully saturated rings. The third kappa shape index (κ3) is 3.72. The molecule has 1 saturated heterocycles. The number of benzene rings is 2. The van der Waals surface area contributed by atoms with Crippen molar-refractivity contribution >= 4 is 28.3 Å². The predicted molar refractivity (Wildman–Crippen MR) is 99.3 cm³/mol. The molecule has 1 heterocycles. The van der Waals surface area contributed by atoms with Crippen molar-refractivity contribution in [1.29, 1.82) is 0 Å². The van der Waals surface area contributed by atoms with Crippen LogP contribution < -0.4 is 10.2 Å². The van der Waals surface area contributed by atoms with Gasteiger partial charge in [-0.25, -0.2) is 17.2 Å². The summed E-state index contributed by atoms with van der Waals surface area (Å²) >= 11 is 0. The van der Waals surface area contributed by atoms with Crippen LogP contribution in [0.4, 0.5) is 14.5 Å². The number of anilines is 1. The highest BCUT2D eigenvalue weighted by Crippen LogP contribution is 2.36. The molecule has 0 amide bonds. The Hall–Kier alpha value is -1.97. The lowest BCUT2D eigenvalue weighted by molar-refractivity contribution is 0.00578. The van der Waals surface area contributed by atoms with Gasteiger partial charge >= 0.3 is 7.12 Å². The Balaban J connectivity index is 1.81. The zero-order valence-electron chi connectivity index (χ0n) is 15.4. The van der Waals surface area contributed by atoms with Crippen molar-refractivity contribution in [2.24, 2.45) is 0 Å². The molecule has 1 aliphatic rings. The standard InChI is InChI=1S/C18H20BF2NO4S/c1-17(2)18(3,4)26-19(25-17)12-8-10-13(11-9-12)22-27(23,24)16-14(20)6-5-7-15(16)21/h5-11,22H,1-4H3. The Kier molecular flexibility index (Phi) is 4.82. The van der Waals surface area contributed by atoms with Crippen LogP contribution in [0.15, 0.2) is 47.4 Å². The molecule has 0 saturated carbocycles. The van der Waals surface area contributed by atoms with Gasteiger partial charge in [0.2, 0.25) is 0 Å². The van der Waals surface area contributed by atoms with Crippen molar-refractivity contribution in [3.8, 4) is 0 Å². The summed E-state index contributed by atoms with van der Waals surface area (Å²) < 4.78 is 66.2. The summed E-state index contributed by atoms with van der Waals surface area (Å²) in [5, 5.41) is 0. The lowest BCUT2D eigenvalue weighted by Gasteiger charge is -2.32. The molecule has 0 aliphatic carbocycles. The number of hydrogen-bond donors (Lipinski definition) is 1. The molecule has 5 nitrogen and oxygen atoms in total. The Labute approximate surface area is 157 Å². The van der Waals surface area contributed by atoms with Gasteiger partial charge in [0.05, 0.1) is 11.2 Å². The maximum Gasteiger partial charge on any atom is 0.494 e. The van der Waals surface area contributed by atoms with Gasteiger partial charge in [0.1, 0.15) is 11.6 Å². The van der Waals surface area contributed by atoms with Crippen molar-refractivity contribution in [1.82, 2.24) is 0 Å². The molecule has 9 heteroatoms. The summed E-state index contributed by atoms with van der Waals surface area (Å²) in [6.07, 6.45) is 0. The van der Waals surface area contributed by atoms with Crippen LogP contribution in [0, 0.1) is 11.6 Å². The molecule has 144 valence electrons. The van der Waals surface area contributed by atoms with E-state index in [4.69, 9.17) is 9.31 Å². The van der Waals surface area contributed by atoms with Crippen molar-refractivity contribution < 1.29 is 26.5 Å². The number of sulfonamides is 1. The average Bonchev–Trinajstić information content (AvgIpc) is 2.75. The Morgan fingerprint density at radius 3 is 1.85 bits per heavy atom. The molecule has 0 radical (unpaired) electrons. The number of halogens is 2. The molecule has 2 aromatic carbocycles. The van der Waals surface area contributed by atoms with E-state index < -0.39 is 44.9 Å². The third-order valence-electron chi connectivity index (χ3n) is 4.88. The van der Waals surface area contributed by atoms with E-state index >= 15 is 0 Å². The molecule has 0 aromatic heterocycles. The fourth-order valence-corrected chi connectivity index (χ4v) is 3.83. The second-order valence-corrected chi connectivity index (χ2v) is 8.99. The van der Waals surface area contributed by atoms with Gasteiger partial charge in [0, 0.05) is 5.69 Å². The normalized spacial score (nSPS) is 18.5. The fourth-order valence-electron chi connectivity index (χ4n) is 2.63. The summed E-state index contributed by atoms with van der Waals surface area (Å²) in [7, 11) is -5.00. The highest BCUT2D eigenvalue weighted by atomic mass is 32.2. The molecule has 3 rings (SSSR count). The van der Waals surface area contributed by atoms with E-state index in [1.54, 1.807) is 12.1 Å². The fraction of sp³-hybridized carbons (Fsp3) is 0.333. The highest BCUT2D eigenvalue weighted by Gasteiger charge is 2.51. The van der Waals surface area contributed by atoms with E-state index in [1.165, 1.54) is 12.1 Å². The van der Waals surface area contributed by atoms with Crippen molar-refractivity contribution in [3.63, 3.8) is 0 Å². The predicted octanol–water partition coefficient (Wildman–Crippen LogP) is 3.06. The summed E-state index contributed by atoms with van der Waals surface area (Å²) in [5.74, 6) is -2.31. The van der Waals surface area contributed by atoms with Crippen LogP contribution in [0.2, 0.25) is 0 Å². The van der Waals surface area contributed by atoms with Crippen LogP contribution in [0.3, 0.4) is 0 Å². The first-order valence-corrected chi connectivity index (χ1v) is 9.84. The van der Waals surface area contributed by atoms with E-state index in [0.717, 1.165) is 18.2 Å². The Morgan fingerprint density at radius 2 is 1.37 bits per heavy atom. The van der Waals surface area contributed by atoms with Gasteiger partial charge in [-0.3, -0.25) is 4.72 Å². The third-order valence-corrected chi connectivity index (χ3v) is 6.31. The number of nitrogens with one attached hydrogen (secondary N) is 1. The lowest BCUT2D eigenvalue weighted by atomic mass is 9.79. The number of hydrogen-bond acceptors (Lipinski definition) is 4. The van der Waals surface area contributed by atoms with Gasteiger partial charge in [0.15, 0.2) is 4.90 Å². The molecule has 1 N–H and O–H groups in total. The van der Waals surface area contributed by atoms with Crippen molar-refractivity contribution in [3.05, 3.63) is 54.1 Å². The van der Waals surface area contributed by atoms with E-state index in [1.807, 2.05) is 27.7 Å². The summed E-state index contributed by atoms with van der Waals surface area (Å²) in [6, 6.07) is 9.11. The minimum atomic E-state index is -4.41. The average molecular weight is 395 g/mol. The lowest BCUT2D eigenvalue weighted by Crippen LogP contribution is -2.41. The Morgan fingerprint density at radius 1 is 0.889 bits per heavy atom. The molecule has 2 aromatic rings. The molecule has 0 spiro atoms. The van der Waals surface area contributed by atoms with Crippen LogP contribution in [0.5, 0.6) is 0 Å². The van der Waals surface area contributed by atoms with Crippen LogP contribution >= 0.6 is 0 Å². The highest BCUT2D eigenvalue weighted by molar-refractivity contribution is 7.92. The molecule has 0 bridgehead atoms. The van der Waals surface area contributed by atoms with E-state index in [-0.39, 0.29) is 5.69 Å². The molecular formula is C18H20BF2NO4S. The second kappa shape index (κ2) is 6.58. The second-order valence-electron chi connectivity index (χ2n) is 7.37. The largest absolute Gasteiger partial charge is 0.494 e. The zero-order valence-corrected chi connectivity index (χ0v) is 16.2. The molecular weight excluding hydrogens is 375 g/mol. The molecule has 0 atom stereocenters. The first-order chi connectivity index (χ1) is 12.4. The van der Waals surface area contributed by atoms with Crippen LogP contribution in [0.25, 0.3) is 0 Å².